The van der Waals surface area contributed by atoms with Crippen molar-refractivity contribution in [2.24, 2.45) is 5.92 Å². The number of aliphatic carboxylic acids is 1. The Bertz CT molecular complexity index is 336. The van der Waals surface area contributed by atoms with Gasteiger partial charge in [0.2, 0.25) is 0 Å². The molecule has 15 heavy (non-hydrogen) atoms. The standard InChI is InChI=1S/C13H18O2/c1-9-6-7-11(8-12(14)15)13(9)10-4-2-3-5-10/h4,9H,2-3,5-8H2,1H3,(H,14,15). The highest BCUT2D eigenvalue weighted by Gasteiger charge is 2.26. The third kappa shape index (κ3) is 2.14. The molecule has 0 aliphatic heterocycles. The van der Waals surface area contributed by atoms with E-state index in [1.165, 1.54) is 29.6 Å². The maximum atomic E-state index is 10.8. The molecule has 2 rings (SSSR count). The Morgan fingerprint density at radius 3 is 2.93 bits per heavy atom. The summed E-state index contributed by atoms with van der Waals surface area (Å²) in [6, 6.07) is 0. The Hall–Kier alpha value is -1.05. The van der Waals surface area contributed by atoms with Crippen LogP contribution in [0, 0.1) is 5.92 Å². The molecule has 1 atom stereocenters. The predicted molar refractivity (Wildman–Crippen MR) is 59.6 cm³/mol. The summed E-state index contributed by atoms with van der Waals surface area (Å²) >= 11 is 0. The Labute approximate surface area is 90.7 Å². The van der Waals surface area contributed by atoms with E-state index in [0.717, 1.165) is 19.3 Å². The normalized spacial score (nSPS) is 25.9. The van der Waals surface area contributed by atoms with E-state index >= 15 is 0 Å². The van der Waals surface area contributed by atoms with Crippen molar-refractivity contribution >= 4 is 5.97 Å². The fourth-order valence-corrected chi connectivity index (χ4v) is 2.84. The van der Waals surface area contributed by atoms with Crippen molar-refractivity contribution in [3.8, 4) is 0 Å². The van der Waals surface area contributed by atoms with Crippen molar-refractivity contribution in [1.82, 2.24) is 0 Å². The van der Waals surface area contributed by atoms with Gasteiger partial charge in [-0.05, 0) is 49.2 Å². The van der Waals surface area contributed by atoms with Gasteiger partial charge in [-0.25, -0.2) is 0 Å². The van der Waals surface area contributed by atoms with E-state index in [2.05, 4.69) is 13.0 Å². The number of carboxylic acids is 1. The molecule has 0 saturated heterocycles. The molecule has 0 fully saturated rings. The lowest BCUT2D eigenvalue weighted by Crippen LogP contribution is -2.00. The van der Waals surface area contributed by atoms with Gasteiger partial charge in [0.15, 0.2) is 0 Å². The molecule has 2 aliphatic rings. The Balaban J connectivity index is 2.25. The smallest absolute Gasteiger partial charge is 0.307 e. The lowest BCUT2D eigenvalue weighted by atomic mass is 9.93. The molecule has 0 radical (unpaired) electrons. The van der Waals surface area contributed by atoms with Gasteiger partial charge in [-0.15, -0.1) is 0 Å². The first-order valence-corrected chi connectivity index (χ1v) is 5.81. The van der Waals surface area contributed by atoms with E-state index in [9.17, 15) is 4.79 Å². The zero-order valence-corrected chi connectivity index (χ0v) is 9.25. The summed E-state index contributed by atoms with van der Waals surface area (Å²) in [6.07, 6.45) is 8.24. The predicted octanol–water partition coefficient (Wildman–Crippen LogP) is 3.30. The first-order chi connectivity index (χ1) is 7.18. The monoisotopic (exact) mass is 206 g/mol. The van der Waals surface area contributed by atoms with E-state index < -0.39 is 5.97 Å². The van der Waals surface area contributed by atoms with Crippen molar-refractivity contribution in [3.63, 3.8) is 0 Å². The van der Waals surface area contributed by atoms with Gasteiger partial charge < -0.3 is 5.11 Å². The van der Waals surface area contributed by atoms with E-state index in [-0.39, 0.29) is 6.42 Å². The quantitative estimate of drug-likeness (QED) is 0.769. The van der Waals surface area contributed by atoms with Crippen LogP contribution in [0.3, 0.4) is 0 Å². The van der Waals surface area contributed by atoms with E-state index in [4.69, 9.17) is 5.11 Å². The molecule has 0 aromatic rings. The van der Waals surface area contributed by atoms with Crippen LogP contribution in [-0.4, -0.2) is 11.1 Å². The van der Waals surface area contributed by atoms with Crippen LogP contribution in [0.1, 0.15) is 45.4 Å². The molecule has 2 heteroatoms. The minimum atomic E-state index is -0.685. The van der Waals surface area contributed by atoms with Crippen LogP contribution in [0.15, 0.2) is 22.8 Å². The molecule has 2 aliphatic carbocycles. The van der Waals surface area contributed by atoms with Gasteiger partial charge in [0.05, 0.1) is 6.42 Å². The van der Waals surface area contributed by atoms with Gasteiger partial charge in [0, 0.05) is 0 Å². The van der Waals surface area contributed by atoms with Crippen LogP contribution >= 0.6 is 0 Å². The molecular weight excluding hydrogens is 188 g/mol. The molecule has 0 saturated carbocycles. The van der Waals surface area contributed by atoms with E-state index in [0.29, 0.717) is 5.92 Å². The second-order valence-electron chi connectivity index (χ2n) is 4.65. The molecule has 0 spiro atoms. The first kappa shape index (κ1) is 10.5. The lowest BCUT2D eigenvalue weighted by Gasteiger charge is -2.12. The highest BCUT2D eigenvalue weighted by Crippen LogP contribution is 2.41. The van der Waals surface area contributed by atoms with Crippen LogP contribution in [0.5, 0.6) is 0 Å². The number of carboxylic acid groups (broad SMARTS) is 1. The van der Waals surface area contributed by atoms with Gasteiger partial charge in [0.1, 0.15) is 0 Å². The number of carbonyl (C=O) groups is 1. The second-order valence-corrected chi connectivity index (χ2v) is 4.65. The molecule has 0 aromatic carbocycles. The van der Waals surface area contributed by atoms with E-state index in [1.54, 1.807) is 0 Å². The lowest BCUT2D eigenvalue weighted by molar-refractivity contribution is -0.136. The van der Waals surface area contributed by atoms with Crippen molar-refractivity contribution < 1.29 is 9.90 Å². The second kappa shape index (κ2) is 4.21. The van der Waals surface area contributed by atoms with Crippen LogP contribution in [0.4, 0.5) is 0 Å². The fraction of sp³-hybridized carbons (Fsp3) is 0.615. The summed E-state index contributed by atoms with van der Waals surface area (Å²) in [5.74, 6) is -0.112. The van der Waals surface area contributed by atoms with Gasteiger partial charge in [-0.3, -0.25) is 4.79 Å². The fourth-order valence-electron chi connectivity index (χ4n) is 2.84. The minimum Gasteiger partial charge on any atom is -0.481 e. The topological polar surface area (TPSA) is 37.3 Å². The number of rotatable bonds is 3. The maximum Gasteiger partial charge on any atom is 0.307 e. The molecule has 2 nitrogen and oxygen atoms in total. The summed E-state index contributed by atoms with van der Waals surface area (Å²) in [5.41, 5.74) is 4.01. The third-order valence-electron chi connectivity index (χ3n) is 3.50. The average molecular weight is 206 g/mol. The maximum absolute atomic E-state index is 10.8. The summed E-state index contributed by atoms with van der Waals surface area (Å²) in [4.78, 5) is 10.8. The van der Waals surface area contributed by atoms with Crippen LogP contribution in [0.2, 0.25) is 0 Å². The van der Waals surface area contributed by atoms with Gasteiger partial charge >= 0.3 is 5.97 Å². The minimum absolute atomic E-state index is 0.247. The van der Waals surface area contributed by atoms with Gasteiger partial charge in [-0.1, -0.05) is 18.6 Å². The zero-order chi connectivity index (χ0) is 10.8. The highest BCUT2D eigenvalue weighted by molar-refractivity contribution is 5.71. The molecule has 82 valence electrons. The molecule has 0 aromatic heterocycles. The SMILES string of the molecule is CC1CCC(CC(=O)O)=C1C1=CCCC1. The van der Waals surface area contributed by atoms with Crippen molar-refractivity contribution in [2.45, 2.75) is 45.4 Å². The molecule has 0 heterocycles. The largest absolute Gasteiger partial charge is 0.481 e. The average Bonchev–Trinajstić information content (AvgIpc) is 2.74. The molecule has 1 N–H and O–H groups in total. The van der Waals surface area contributed by atoms with Crippen LogP contribution in [-0.2, 0) is 4.79 Å². The zero-order valence-electron chi connectivity index (χ0n) is 9.25. The Morgan fingerprint density at radius 2 is 2.33 bits per heavy atom. The first-order valence-electron chi connectivity index (χ1n) is 5.81. The van der Waals surface area contributed by atoms with Crippen LogP contribution in [0.25, 0.3) is 0 Å². The third-order valence-corrected chi connectivity index (χ3v) is 3.50. The van der Waals surface area contributed by atoms with Crippen molar-refractivity contribution in [3.05, 3.63) is 22.8 Å². The summed E-state index contributed by atoms with van der Waals surface area (Å²) in [6.45, 7) is 2.23. The Kier molecular flexibility index (Phi) is 2.94. The van der Waals surface area contributed by atoms with Crippen LogP contribution < -0.4 is 0 Å². The number of hydrogen-bond donors (Lipinski definition) is 1. The molecule has 1 unspecified atom stereocenters. The van der Waals surface area contributed by atoms with E-state index in [1.807, 2.05) is 0 Å². The number of allylic oxidation sites excluding steroid dienone is 3. The molecule has 0 amide bonds. The summed E-state index contributed by atoms with van der Waals surface area (Å²) in [7, 11) is 0. The van der Waals surface area contributed by atoms with Crippen molar-refractivity contribution in [1.29, 1.82) is 0 Å². The molecule has 0 bridgehead atoms. The summed E-state index contributed by atoms with van der Waals surface area (Å²) < 4.78 is 0. The van der Waals surface area contributed by atoms with Gasteiger partial charge in [-0.2, -0.15) is 0 Å². The summed E-state index contributed by atoms with van der Waals surface area (Å²) in [5, 5.41) is 8.87. The molecular formula is C13H18O2. The highest BCUT2D eigenvalue weighted by atomic mass is 16.4. The Morgan fingerprint density at radius 1 is 1.53 bits per heavy atom. The number of hydrogen-bond acceptors (Lipinski definition) is 1. The van der Waals surface area contributed by atoms with Crippen molar-refractivity contribution in [2.75, 3.05) is 0 Å². The van der Waals surface area contributed by atoms with Gasteiger partial charge in [0.25, 0.3) is 0 Å².